The number of nitriles is 1. The number of anilines is 1. The first-order valence-corrected chi connectivity index (χ1v) is 8.71. The monoisotopic (exact) mass is 364 g/mol. The van der Waals surface area contributed by atoms with Crippen LogP contribution in [-0.4, -0.2) is 41.3 Å². The summed E-state index contributed by atoms with van der Waals surface area (Å²) in [6.45, 7) is 1.54. The van der Waals surface area contributed by atoms with E-state index in [1.165, 1.54) is 12.3 Å². The van der Waals surface area contributed by atoms with E-state index in [0.29, 0.717) is 31.6 Å². The van der Waals surface area contributed by atoms with E-state index in [0.717, 1.165) is 18.2 Å². The number of hydrogen-bond donors (Lipinski definition) is 0. The minimum absolute atomic E-state index is 0.0176. The summed E-state index contributed by atoms with van der Waals surface area (Å²) < 4.78 is 13.3. The fraction of sp³-hybridized carbons (Fsp3) is 0.300. The van der Waals surface area contributed by atoms with Crippen LogP contribution >= 0.6 is 0 Å². The zero-order valence-electron chi connectivity index (χ0n) is 14.6. The third-order valence-corrected chi connectivity index (χ3v) is 5.33. The molecule has 2 saturated heterocycles. The molecular weight excluding hydrogens is 347 g/mol. The summed E-state index contributed by atoms with van der Waals surface area (Å²) >= 11 is 0. The summed E-state index contributed by atoms with van der Waals surface area (Å²) in [7, 11) is 0. The van der Waals surface area contributed by atoms with Gasteiger partial charge in [-0.1, -0.05) is 0 Å². The Morgan fingerprint density at radius 1 is 1.22 bits per heavy atom. The molecule has 136 valence electrons. The average Bonchev–Trinajstić information content (AvgIpc) is 3.24. The van der Waals surface area contributed by atoms with Crippen molar-refractivity contribution >= 4 is 17.5 Å². The van der Waals surface area contributed by atoms with Crippen LogP contribution in [0.2, 0.25) is 0 Å². The maximum Gasteiger partial charge on any atom is 0.254 e. The summed E-state index contributed by atoms with van der Waals surface area (Å²) in [6, 6.07) is 11.6. The number of halogens is 1. The molecule has 1 aromatic heterocycles. The first-order chi connectivity index (χ1) is 13.0. The van der Waals surface area contributed by atoms with E-state index in [1.54, 1.807) is 34.1 Å². The van der Waals surface area contributed by atoms with E-state index in [2.05, 4.69) is 11.1 Å². The number of nitrogens with zero attached hydrogens (tertiary/aromatic N) is 4. The number of carbonyl (C=O) groups excluding carboxylic acids is 2. The van der Waals surface area contributed by atoms with Crippen LogP contribution in [0.15, 0.2) is 42.6 Å². The first kappa shape index (κ1) is 17.2. The standard InChI is InChI=1S/C20H17FN4O2/c21-17-9-15(5-7-23-17)19(27)24-8-6-20(12-24)10-18(26)25(13-20)16-3-1-14(11-22)2-4-16/h1-5,7,9H,6,8,10,12-13H2. The van der Waals surface area contributed by atoms with Gasteiger partial charge in [0.15, 0.2) is 0 Å². The molecule has 27 heavy (non-hydrogen) atoms. The van der Waals surface area contributed by atoms with E-state index in [4.69, 9.17) is 5.26 Å². The molecule has 2 aliphatic heterocycles. The number of pyridine rings is 1. The van der Waals surface area contributed by atoms with Crippen molar-refractivity contribution in [1.29, 1.82) is 5.26 Å². The van der Waals surface area contributed by atoms with Crippen molar-refractivity contribution in [1.82, 2.24) is 9.88 Å². The maximum absolute atomic E-state index is 13.3. The van der Waals surface area contributed by atoms with Crippen molar-refractivity contribution in [3.63, 3.8) is 0 Å². The van der Waals surface area contributed by atoms with E-state index in [9.17, 15) is 14.0 Å². The fourth-order valence-corrected chi connectivity index (χ4v) is 3.95. The molecule has 0 bridgehead atoms. The Morgan fingerprint density at radius 2 is 2.00 bits per heavy atom. The molecule has 2 aliphatic rings. The highest BCUT2D eigenvalue weighted by Gasteiger charge is 2.48. The molecule has 2 aromatic rings. The number of likely N-dealkylation sites (tertiary alicyclic amines) is 1. The molecule has 2 amide bonds. The van der Waals surface area contributed by atoms with Crippen molar-refractivity contribution in [2.24, 2.45) is 5.41 Å². The Bertz CT molecular complexity index is 953. The van der Waals surface area contributed by atoms with Gasteiger partial charge in [0.05, 0.1) is 11.6 Å². The average molecular weight is 364 g/mol. The number of rotatable bonds is 2. The summed E-state index contributed by atoms with van der Waals surface area (Å²) in [5.41, 5.74) is 1.29. The minimum atomic E-state index is -0.683. The topological polar surface area (TPSA) is 77.3 Å². The third kappa shape index (κ3) is 3.14. The molecule has 2 fully saturated rings. The van der Waals surface area contributed by atoms with Gasteiger partial charge in [-0.25, -0.2) is 4.98 Å². The number of carbonyl (C=O) groups is 2. The Kier molecular flexibility index (Phi) is 4.11. The lowest BCUT2D eigenvalue weighted by Crippen LogP contribution is -2.34. The highest BCUT2D eigenvalue weighted by atomic mass is 19.1. The van der Waals surface area contributed by atoms with Crippen LogP contribution in [0.4, 0.5) is 10.1 Å². The molecule has 7 heteroatoms. The Labute approximate surface area is 155 Å². The number of amides is 2. The van der Waals surface area contributed by atoms with Gasteiger partial charge in [0.2, 0.25) is 11.9 Å². The van der Waals surface area contributed by atoms with Crippen molar-refractivity contribution < 1.29 is 14.0 Å². The van der Waals surface area contributed by atoms with E-state index in [1.807, 2.05) is 0 Å². The Morgan fingerprint density at radius 3 is 2.70 bits per heavy atom. The summed E-state index contributed by atoms with van der Waals surface area (Å²) in [6.07, 6.45) is 2.38. The van der Waals surface area contributed by atoms with Gasteiger partial charge in [-0.3, -0.25) is 9.59 Å². The molecule has 0 radical (unpaired) electrons. The smallest absolute Gasteiger partial charge is 0.254 e. The lowest BCUT2D eigenvalue weighted by molar-refractivity contribution is -0.117. The largest absolute Gasteiger partial charge is 0.338 e. The number of hydrogen-bond acceptors (Lipinski definition) is 4. The van der Waals surface area contributed by atoms with E-state index >= 15 is 0 Å². The highest BCUT2D eigenvalue weighted by molar-refractivity contribution is 5.97. The summed E-state index contributed by atoms with van der Waals surface area (Å²) in [4.78, 5) is 32.1. The normalized spacial score (nSPS) is 21.7. The molecule has 1 spiro atoms. The van der Waals surface area contributed by atoms with Crippen LogP contribution in [-0.2, 0) is 4.79 Å². The van der Waals surface area contributed by atoms with Gasteiger partial charge in [-0.2, -0.15) is 9.65 Å². The zero-order valence-corrected chi connectivity index (χ0v) is 14.6. The third-order valence-electron chi connectivity index (χ3n) is 5.33. The van der Waals surface area contributed by atoms with Crippen LogP contribution in [0.25, 0.3) is 0 Å². The van der Waals surface area contributed by atoms with Gasteiger partial charge < -0.3 is 9.80 Å². The van der Waals surface area contributed by atoms with Gasteiger partial charge in [0.1, 0.15) is 0 Å². The van der Waals surface area contributed by atoms with Crippen molar-refractivity contribution in [3.05, 3.63) is 59.7 Å². The van der Waals surface area contributed by atoms with Crippen molar-refractivity contribution in [2.75, 3.05) is 24.5 Å². The summed E-state index contributed by atoms with van der Waals surface area (Å²) in [5.74, 6) is -0.904. The van der Waals surface area contributed by atoms with Crippen LogP contribution in [0.1, 0.15) is 28.8 Å². The number of aromatic nitrogens is 1. The molecule has 1 aromatic carbocycles. The van der Waals surface area contributed by atoms with E-state index < -0.39 is 5.95 Å². The zero-order chi connectivity index (χ0) is 19.0. The molecular formula is C20H17FN4O2. The van der Waals surface area contributed by atoms with Gasteiger partial charge in [-0.05, 0) is 36.8 Å². The summed E-state index contributed by atoms with van der Waals surface area (Å²) in [5, 5.41) is 8.91. The lowest BCUT2D eigenvalue weighted by Gasteiger charge is -2.24. The van der Waals surface area contributed by atoms with Gasteiger partial charge in [-0.15, -0.1) is 0 Å². The first-order valence-electron chi connectivity index (χ1n) is 8.71. The maximum atomic E-state index is 13.3. The molecule has 0 aliphatic carbocycles. The van der Waals surface area contributed by atoms with Crippen LogP contribution in [0.3, 0.4) is 0 Å². The van der Waals surface area contributed by atoms with Crippen LogP contribution in [0.5, 0.6) is 0 Å². The van der Waals surface area contributed by atoms with Crippen molar-refractivity contribution in [2.45, 2.75) is 12.8 Å². The van der Waals surface area contributed by atoms with Gasteiger partial charge in [0.25, 0.3) is 5.91 Å². The molecule has 4 rings (SSSR count). The quantitative estimate of drug-likeness (QED) is 0.767. The molecule has 3 heterocycles. The van der Waals surface area contributed by atoms with Crippen molar-refractivity contribution in [3.8, 4) is 6.07 Å². The molecule has 1 atom stereocenters. The lowest BCUT2D eigenvalue weighted by atomic mass is 9.86. The minimum Gasteiger partial charge on any atom is -0.338 e. The predicted molar refractivity (Wildman–Crippen MR) is 95.3 cm³/mol. The Balaban J connectivity index is 1.50. The SMILES string of the molecule is N#Cc1ccc(N2CC3(CCN(C(=O)c4ccnc(F)c4)C3)CC2=O)cc1. The predicted octanol–water partition coefficient (Wildman–Crippen LogP) is 2.36. The molecule has 1 unspecified atom stereocenters. The highest BCUT2D eigenvalue weighted by Crippen LogP contribution is 2.42. The van der Waals surface area contributed by atoms with Gasteiger partial charge >= 0.3 is 0 Å². The molecule has 6 nitrogen and oxygen atoms in total. The number of benzene rings is 1. The second kappa shape index (κ2) is 6.47. The van der Waals surface area contributed by atoms with Crippen LogP contribution < -0.4 is 4.90 Å². The molecule has 0 saturated carbocycles. The van der Waals surface area contributed by atoms with Gasteiger partial charge in [0, 0.05) is 55.0 Å². The fourth-order valence-electron chi connectivity index (χ4n) is 3.95. The van der Waals surface area contributed by atoms with E-state index in [-0.39, 0.29) is 22.8 Å². The van der Waals surface area contributed by atoms with Crippen LogP contribution in [0, 0.1) is 22.7 Å². The second-order valence-electron chi connectivity index (χ2n) is 7.16. The molecule has 0 N–H and O–H groups in total. The second-order valence-corrected chi connectivity index (χ2v) is 7.16. The Hall–Kier alpha value is -3.27.